The summed E-state index contributed by atoms with van der Waals surface area (Å²) in [6.07, 6.45) is 5.78. The van der Waals surface area contributed by atoms with Gasteiger partial charge in [0.25, 0.3) is 0 Å². The number of nitrogens with one attached hydrogen (secondary N) is 1. The third-order valence-corrected chi connectivity index (χ3v) is 7.97. The number of benzene rings is 1. The number of fused-ring (bicyclic) bond motifs is 2. The molecule has 1 N–H and O–H groups in total. The van der Waals surface area contributed by atoms with Gasteiger partial charge in [-0.2, -0.15) is 0 Å². The molecule has 0 aliphatic carbocycles. The van der Waals surface area contributed by atoms with Gasteiger partial charge in [-0.3, -0.25) is 0 Å². The van der Waals surface area contributed by atoms with Gasteiger partial charge in [0.1, 0.15) is 4.83 Å². The molecule has 4 aromatic rings. The van der Waals surface area contributed by atoms with Crippen LogP contribution in [0, 0.1) is 0 Å². The number of aromatic nitrogens is 2. The maximum Gasteiger partial charge on any atom is 0.125 e. The van der Waals surface area contributed by atoms with E-state index < -0.39 is 0 Å². The van der Waals surface area contributed by atoms with Crippen molar-refractivity contribution in [3.63, 3.8) is 0 Å². The van der Waals surface area contributed by atoms with Gasteiger partial charge in [0.15, 0.2) is 0 Å². The highest BCUT2D eigenvalue weighted by molar-refractivity contribution is 7.18. The van der Waals surface area contributed by atoms with E-state index in [1.54, 1.807) is 11.3 Å². The fourth-order valence-electron chi connectivity index (χ4n) is 4.20. The van der Waals surface area contributed by atoms with Crippen molar-refractivity contribution in [2.75, 3.05) is 18.9 Å². The molecule has 1 aromatic carbocycles. The highest BCUT2D eigenvalue weighted by atomic mass is 32.1. The fourth-order valence-corrected chi connectivity index (χ4v) is 6.12. The number of nitrogens with zero attached hydrogens (tertiary/aromatic N) is 3. The lowest BCUT2D eigenvalue weighted by Crippen LogP contribution is -2.32. The molecule has 4 nitrogen and oxygen atoms in total. The third kappa shape index (κ3) is 3.30. The van der Waals surface area contributed by atoms with E-state index in [2.05, 4.69) is 64.5 Å². The summed E-state index contributed by atoms with van der Waals surface area (Å²) in [5.74, 6) is 0.589. The summed E-state index contributed by atoms with van der Waals surface area (Å²) in [6, 6.07) is 11.4. The SMILES string of the molecule is C[C@H]1[C@H](c2cc3c(Nc4ccc5scnc5c4)ccnc3s2)CCCCN1C. The summed E-state index contributed by atoms with van der Waals surface area (Å²) in [5.41, 5.74) is 5.13. The van der Waals surface area contributed by atoms with Gasteiger partial charge in [-0.15, -0.1) is 22.7 Å². The van der Waals surface area contributed by atoms with Crippen LogP contribution in [-0.2, 0) is 0 Å². The quantitative estimate of drug-likeness (QED) is 0.436. The Morgan fingerprint density at radius 3 is 3.00 bits per heavy atom. The molecule has 28 heavy (non-hydrogen) atoms. The van der Waals surface area contributed by atoms with Crippen molar-refractivity contribution >= 4 is 54.5 Å². The van der Waals surface area contributed by atoms with Crippen molar-refractivity contribution in [3.8, 4) is 0 Å². The summed E-state index contributed by atoms with van der Waals surface area (Å²) >= 11 is 3.53. The van der Waals surface area contributed by atoms with Crippen LogP contribution in [0.5, 0.6) is 0 Å². The molecule has 1 aliphatic rings. The van der Waals surface area contributed by atoms with Crippen molar-refractivity contribution in [2.45, 2.75) is 38.1 Å². The van der Waals surface area contributed by atoms with Gasteiger partial charge in [-0.1, -0.05) is 6.42 Å². The van der Waals surface area contributed by atoms with E-state index >= 15 is 0 Å². The first-order valence-corrected chi connectivity index (χ1v) is 11.6. The summed E-state index contributed by atoms with van der Waals surface area (Å²) in [4.78, 5) is 14.2. The Hall–Kier alpha value is -2.02. The number of likely N-dealkylation sites (tertiary alicyclic amines) is 1. The minimum Gasteiger partial charge on any atom is -0.355 e. The Morgan fingerprint density at radius 1 is 1.14 bits per heavy atom. The molecule has 6 heteroatoms. The number of thiazole rings is 1. The predicted octanol–water partition coefficient (Wildman–Crippen LogP) is 6.24. The minimum absolute atomic E-state index is 0.569. The second-order valence-electron chi connectivity index (χ2n) is 7.71. The van der Waals surface area contributed by atoms with Crippen molar-refractivity contribution in [2.24, 2.45) is 0 Å². The molecule has 3 aromatic heterocycles. The Morgan fingerprint density at radius 2 is 2.07 bits per heavy atom. The lowest BCUT2D eigenvalue weighted by Gasteiger charge is -2.28. The molecule has 5 rings (SSSR count). The highest BCUT2D eigenvalue weighted by Gasteiger charge is 2.27. The molecule has 2 atom stereocenters. The molecule has 1 aliphatic heterocycles. The van der Waals surface area contributed by atoms with Crippen LogP contribution in [0.15, 0.2) is 42.0 Å². The summed E-state index contributed by atoms with van der Waals surface area (Å²) in [7, 11) is 2.26. The summed E-state index contributed by atoms with van der Waals surface area (Å²) < 4.78 is 1.22. The van der Waals surface area contributed by atoms with Crippen molar-refractivity contribution in [1.82, 2.24) is 14.9 Å². The first kappa shape index (κ1) is 18.0. The predicted molar refractivity (Wildman–Crippen MR) is 121 cm³/mol. The average Bonchev–Trinajstić information content (AvgIpc) is 3.30. The van der Waals surface area contributed by atoms with E-state index in [9.17, 15) is 0 Å². The molecule has 0 bridgehead atoms. The van der Waals surface area contributed by atoms with Gasteiger partial charge in [0, 0.05) is 34.1 Å². The number of hydrogen-bond acceptors (Lipinski definition) is 6. The Labute approximate surface area is 173 Å². The van der Waals surface area contributed by atoms with Crippen LogP contribution in [0.4, 0.5) is 11.4 Å². The second kappa shape index (κ2) is 7.43. The maximum absolute atomic E-state index is 4.66. The number of rotatable bonds is 3. The molecule has 144 valence electrons. The minimum atomic E-state index is 0.569. The van der Waals surface area contributed by atoms with Gasteiger partial charge in [0.2, 0.25) is 0 Å². The molecule has 1 fully saturated rings. The van der Waals surface area contributed by atoms with Crippen LogP contribution in [0.1, 0.15) is 37.0 Å². The molecule has 0 unspecified atom stereocenters. The molecular weight excluding hydrogens is 384 g/mol. The number of pyridine rings is 1. The largest absolute Gasteiger partial charge is 0.355 e. The second-order valence-corrected chi connectivity index (χ2v) is 9.66. The Bertz CT molecular complexity index is 1120. The monoisotopic (exact) mass is 408 g/mol. The van der Waals surface area contributed by atoms with Crippen LogP contribution in [-0.4, -0.2) is 34.5 Å². The third-order valence-electron chi connectivity index (χ3n) is 5.98. The zero-order valence-corrected chi connectivity index (χ0v) is 17.8. The average molecular weight is 409 g/mol. The van der Waals surface area contributed by atoms with Crippen molar-refractivity contribution < 1.29 is 0 Å². The molecule has 0 saturated carbocycles. The first-order chi connectivity index (χ1) is 13.7. The number of hydrogen-bond donors (Lipinski definition) is 1. The van der Waals surface area contributed by atoms with E-state index in [1.165, 1.54) is 40.8 Å². The fraction of sp³-hybridized carbons (Fsp3) is 0.364. The lowest BCUT2D eigenvalue weighted by molar-refractivity contribution is 0.244. The van der Waals surface area contributed by atoms with Crippen LogP contribution < -0.4 is 5.32 Å². The van der Waals surface area contributed by atoms with Crippen LogP contribution in [0.3, 0.4) is 0 Å². The Balaban J connectivity index is 1.50. The lowest BCUT2D eigenvalue weighted by atomic mass is 9.94. The van der Waals surface area contributed by atoms with E-state index in [0.717, 1.165) is 21.7 Å². The summed E-state index contributed by atoms with van der Waals surface area (Å²) in [5, 5.41) is 4.82. The highest BCUT2D eigenvalue weighted by Crippen LogP contribution is 2.40. The van der Waals surface area contributed by atoms with Crippen molar-refractivity contribution in [1.29, 1.82) is 0 Å². The number of anilines is 2. The van der Waals surface area contributed by atoms with E-state index in [0.29, 0.717) is 12.0 Å². The molecule has 0 amide bonds. The van der Waals surface area contributed by atoms with Gasteiger partial charge < -0.3 is 10.2 Å². The van der Waals surface area contributed by atoms with E-state index in [-0.39, 0.29) is 0 Å². The smallest absolute Gasteiger partial charge is 0.125 e. The van der Waals surface area contributed by atoms with Crippen LogP contribution in [0.2, 0.25) is 0 Å². The molecule has 0 spiro atoms. The number of likely N-dealkylation sites (N-methyl/N-ethyl adjacent to an activating group) is 1. The van der Waals surface area contributed by atoms with Gasteiger partial charge in [-0.25, -0.2) is 9.97 Å². The van der Waals surface area contributed by atoms with E-state index in [1.807, 2.05) is 23.0 Å². The topological polar surface area (TPSA) is 41.1 Å². The zero-order chi connectivity index (χ0) is 19.1. The van der Waals surface area contributed by atoms with Gasteiger partial charge in [0.05, 0.1) is 21.4 Å². The zero-order valence-electron chi connectivity index (χ0n) is 16.2. The van der Waals surface area contributed by atoms with Gasteiger partial charge in [-0.05, 0) is 63.7 Å². The summed E-state index contributed by atoms with van der Waals surface area (Å²) in [6.45, 7) is 3.57. The van der Waals surface area contributed by atoms with Crippen LogP contribution >= 0.6 is 22.7 Å². The molecular formula is C22H24N4S2. The number of thiophene rings is 1. The standard InChI is InChI=1S/C22H24N4S2/c1-14-16(5-3-4-10-26(14)2)21-12-17-18(8-9-23-22(17)28-21)25-15-6-7-20-19(11-15)24-13-27-20/h6-9,11-14,16H,3-5,10H2,1-2H3,(H,23,25)/t14-,16+/m0/s1. The van der Waals surface area contributed by atoms with Crippen molar-refractivity contribution in [3.05, 3.63) is 46.9 Å². The van der Waals surface area contributed by atoms with Crippen LogP contribution in [0.25, 0.3) is 20.4 Å². The van der Waals surface area contributed by atoms with E-state index in [4.69, 9.17) is 0 Å². The maximum atomic E-state index is 4.66. The molecule has 4 heterocycles. The first-order valence-electron chi connectivity index (χ1n) is 9.88. The Kier molecular flexibility index (Phi) is 4.78. The normalized spacial score (nSPS) is 21.2. The molecule has 1 saturated heterocycles. The molecule has 0 radical (unpaired) electrons. The van der Waals surface area contributed by atoms with Gasteiger partial charge >= 0.3 is 0 Å².